The molecule has 9 heteroatoms. The highest BCUT2D eigenvalue weighted by atomic mass is 35.5. The average Bonchev–Trinajstić information content (AvgIpc) is 3.17. The Hall–Kier alpha value is -2.16. The summed E-state index contributed by atoms with van der Waals surface area (Å²) in [4.78, 5) is 14.2. The van der Waals surface area contributed by atoms with Gasteiger partial charge in [0.1, 0.15) is 5.82 Å². The first-order valence-corrected chi connectivity index (χ1v) is 10.1. The Bertz CT molecular complexity index is 963. The van der Waals surface area contributed by atoms with Crippen molar-refractivity contribution in [2.75, 3.05) is 24.9 Å². The van der Waals surface area contributed by atoms with Crippen molar-refractivity contribution < 1.29 is 17.6 Å². The summed E-state index contributed by atoms with van der Waals surface area (Å²) in [6.07, 6.45) is 0.882. The van der Waals surface area contributed by atoms with Crippen LogP contribution in [-0.2, 0) is 10.0 Å². The zero-order chi connectivity index (χ0) is 19.6. The van der Waals surface area contributed by atoms with Crippen molar-refractivity contribution in [3.05, 3.63) is 59.4 Å². The van der Waals surface area contributed by atoms with E-state index in [0.29, 0.717) is 11.1 Å². The minimum Gasteiger partial charge on any atom is -0.337 e. The van der Waals surface area contributed by atoms with Crippen LogP contribution in [0.3, 0.4) is 0 Å². The summed E-state index contributed by atoms with van der Waals surface area (Å²) in [6.45, 7) is 3.17. The first-order valence-electron chi connectivity index (χ1n) is 8.65. The van der Waals surface area contributed by atoms with Gasteiger partial charge < -0.3 is 10.2 Å². The summed E-state index contributed by atoms with van der Waals surface area (Å²) in [5.41, 5.74) is 1.01. The van der Waals surface area contributed by atoms with Crippen molar-refractivity contribution in [3.63, 3.8) is 0 Å². The van der Waals surface area contributed by atoms with E-state index in [9.17, 15) is 17.6 Å². The predicted molar refractivity (Wildman–Crippen MR) is 109 cm³/mol. The second-order valence-corrected chi connectivity index (χ2v) is 8.34. The van der Waals surface area contributed by atoms with Crippen LogP contribution in [0.5, 0.6) is 0 Å². The second kappa shape index (κ2) is 8.89. The van der Waals surface area contributed by atoms with E-state index in [1.165, 1.54) is 18.2 Å². The van der Waals surface area contributed by atoms with Gasteiger partial charge in [0.25, 0.3) is 15.9 Å². The number of aryl methyl sites for hydroxylation is 1. The van der Waals surface area contributed by atoms with Crippen LogP contribution in [0.2, 0.25) is 0 Å². The van der Waals surface area contributed by atoms with Gasteiger partial charge in [0.2, 0.25) is 0 Å². The van der Waals surface area contributed by atoms with Crippen LogP contribution in [-0.4, -0.2) is 45.4 Å². The molecule has 2 aromatic carbocycles. The Balaban J connectivity index is 0.00000280. The Morgan fingerprint density at radius 1 is 1.25 bits per heavy atom. The van der Waals surface area contributed by atoms with Crippen molar-refractivity contribution in [1.29, 1.82) is 0 Å². The zero-order valence-electron chi connectivity index (χ0n) is 15.6. The van der Waals surface area contributed by atoms with Gasteiger partial charge >= 0.3 is 0 Å². The number of hydrogen-bond donors (Lipinski definition) is 2. The summed E-state index contributed by atoms with van der Waals surface area (Å²) in [6, 6.07) is 10.2. The Morgan fingerprint density at radius 2 is 2.00 bits per heavy atom. The van der Waals surface area contributed by atoms with Crippen LogP contribution in [0.1, 0.15) is 22.3 Å². The first-order chi connectivity index (χ1) is 12.8. The number of amides is 1. The molecule has 28 heavy (non-hydrogen) atoms. The molecule has 2 aromatic rings. The number of benzene rings is 2. The highest BCUT2D eigenvalue weighted by Gasteiger charge is 2.24. The van der Waals surface area contributed by atoms with Gasteiger partial charge in [-0.05, 0) is 55.8 Å². The lowest BCUT2D eigenvalue weighted by Gasteiger charge is -2.24. The Morgan fingerprint density at radius 3 is 2.64 bits per heavy atom. The molecule has 152 valence electrons. The summed E-state index contributed by atoms with van der Waals surface area (Å²) >= 11 is 0. The first kappa shape index (κ1) is 22.1. The van der Waals surface area contributed by atoms with Crippen molar-refractivity contribution >= 4 is 34.0 Å². The Labute approximate surface area is 170 Å². The number of halogens is 2. The van der Waals surface area contributed by atoms with Gasteiger partial charge in [0.15, 0.2) is 0 Å². The van der Waals surface area contributed by atoms with Gasteiger partial charge in [-0.25, -0.2) is 12.8 Å². The molecule has 1 aliphatic heterocycles. The minimum absolute atomic E-state index is 0. The number of carbonyl (C=O) groups excluding carboxylic acids is 1. The zero-order valence-corrected chi connectivity index (χ0v) is 17.2. The van der Waals surface area contributed by atoms with E-state index in [2.05, 4.69) is 10.0 Å². The molecule has 6 nitrogen and oxygen atoms in total. The lowest BCUT2D eigenvalue weighted by molar-refractivity contribution is 0.0744. The number of hydrogen-bond acceptors (Lipinski definition) is 4. The summed E-state index contributed by atoms with van der Waals surface area (Å²) in [7, 11) is -2.21. The molecule has 1 aliphatic rings. The number of nitrogens with zero attached hydrogens (tertiary/aromatic N) is 1. The molecule has 0 aliphatic carbocycles. The molecule has 1 saturated heterocycles. The van der Waals surface area contributed by atoms with E-state index >= 15 is 0 Å². The van der Waals surface area contributed by atoms with Crippen LogP contribution < -0.4 is 10.0 Å². The third-order valence-corrected chi connectivity index (χ3v) is 6.10. The van der Waals surface area contributed by atoms with Gasteiger partial charge in [-0.1, -0.05) is 12.1 Å². The standard InChI is InChI=1S/C19H22FN3O3S.ClH/c1-13-6-7-17(11-18(13)20)27(25,26)22-15-5-3-4-14(10-15)19(24)23(2)16-8-9-21-12-16;/h3-7,10-11,16,21-22H,8-9,12H2,1-2H3;1H. The maximum atomic E-state index is 13.7. The molecule has 0 saturated carbocycles. The van der Waals surface area contributed by atoms with E-state index in [-0.39, 0.29) is 34.9 Å². The SMILES string of the molecule is Cc1ccc(S(=O)(=O)Nc2cccc(C(=O)N(C)C3CCNC3)c2)cc1F.Cl. The summed E-state index contributed by atoms with van der Waals surface area (Å²) in [5.74, 6) is -0.764. The molecule has 1 heterocycles. The molecule has 1 unspecified atom stereocenters. The molecular formula is C19H23ClFN3O3S. The molecule has 0 radical (unpaired) electrons. The van der Waals surface area contributed by atoms with E-state index in [1.807, 2.05) is 0 Å². The van der Waals surface area contributed by atoms with Gasteiger partial charge in [-0.3, -0.25) is 9.52 Å². The van der Waals surface area contributed by atoms with E-state index in [0.717, 1.165) is 25.6 Å². The molecular weight excluding hydrogens is 405 g/mol. The highest BCUT2D eigenvalue weighted by Crippen LogP contribution is 2.20. The maximum absolute atomic E-state index is 13.7. The van der Waals surface area contributed by atoms with Gasteiger partial charge in [-0.15, -0.1) is 12.4 Å². The van der Waals surface area contributed by atoms with E-state index < -0.39 is 15.8 Å². The number of anilines is 1. The largest absolute Gasteiger partial charge is 0.337 e. The fourth-order valence-electron chi connectivity index (χ4n) is 3.01. The number of likely N-dealkylation sites (N-methyl/N-ethyl adjacent to an activating group) is 1. The number of carbonyl (C=O) groups is 1. The molecule has 1 atom stereocenters. The minimum atomic E-state index is -3.96. The molecule has 1 amide bonds. The normalized spacial score (nSPS) is 16.3. The smallest absolute Gasteiger partial charge is 0.261 e. The number of rotatable bonds is 5. The van der Waals surface area contributed by atoms with Crippen LogP contribution >= 0.6 is 12.4 Å². The molecule has 2 N–H and O–H groups in total. The van der Waals surface area contributed by atoms with Crippen molar-refractivity contribution in [1.82, 2.24) is 10.2 Å². The third kappa shape index (κ3) is 4.81. The molecule has 0 spiro atoms. The van der Waals surface area contributed by atoms with Crippen LogP contribution in [0.4, 0.5) is 10.1 Å². The molecule has 0 bridgehead atoms. The fourth-order valence-corrected chi connectivity index (χ4v) is 4.07. The Kier molecular flexibility index (Phi) is 7.03. The quantitative estimate of drug-likeness (QED) is 0.769. The summed E-state index contributed by atoms with van der Waals surface area (Å²) in [5, 5.41) is 3.21. The van der Waals surface area contributed by atoms with Gasteiger partial charge in [-0.2, -0.15) is 0 Å². The van der Waals surface area contributed by atoms with Crippen LogP contribution in [0, 0.1) is 12.7 Å². The van der Waals surface area contributed by atoms with Gasteiger partial charge in [0.05, 0.1) is 4.90 Å². The monoisotopic (exact) mass is 427 g/mol. The molecule has 1 fully saturated rings. The predicted octanol–water partition coefficient (Wildman–Crippen LogP) is 2.79. The number of nitrogens with one attached hydrogen (secondary N) is 2. The fraction of sp³-hybridized carbons (Fsp3) is 0.316. The van der Waals surface area contributed by atoms with Crippen molar-refractivity contribution in [2.45, 2.75) is 24.3 Å². The lowest BCUT2D eigenvalue weighted by Crippen LogP contribution is -2.38. The molecule has 3 rings (SSSR count). The average molecular weight is 428 g/mol. The number of sulfonamides is 1. The molecule has 0 aromatic heterocycles. The second-order valence-electron chi connectivity index (χ2n) is 6.66. The van der Waals surface area contributed by atoms with Crippen LogP contribution in [0.25, 0.3) is 0 Å². The van der Waals surface area contributed by atoms with Crippen molar-refractivity contribution in [3.8, 4) is 0 Å². The lowest BCUT2D eigenvalue weighted by atomic mass is 10.1. The van der Waals surface area contributed by atoms with Gasteiger partial charge in [0, 0.05) is 30.9 Å². The summed E-state index contributed by atoms with van der Waals surface area (Å²) < 4.78 is 41.1. The highest BCUT2D eigenvalue weighted by molar-refractivity contribution is 7.92. The van der Waals surface area contributed by atoms with E-state index in [1.54, 1.807) is 37.1 Å². The maximum Gasteiger partial charge on any atom is 0.261 e. The van der Waals surface area contributed by atoms with E-state index in [4.69, 9.17) is 0 Å². The topological polar surface area (TPSA) is 78.5 Å². The third-order valence-electron chi connectivity index (χ3n) is 4.72. The van der Waals surface area contributed by atoms with Crippen molar-refractivity contribution in [2.24, 2.45) is 0 Å². The van der Waals surface area contributed by atoms with Crippen LogP contribution in [0.15, 0.2) is 47.4 Å².